The van der Waals surface area contributed by atoms with Crippen LogP contribution in [0, 0.1) is 11.3 Å². The van der Waals surface area contributed by atoms with Crippen LogP contribution in [0.3, 0.4) is 0 Å². The van der Waals surface area contributed by atoms with Gasteiger partial charge in [0.25, 0.3) is 6.43 Å². The minimum Gasteiger partial charge on any atom is -0.462 e. The molecule has 0 spiro atoms. The van der Waals surface area contributed by atoms with Crippen LogP contribution in [0.2, 0.25) is 0 Å². The Kier molecular flexibility index (Phi) is 7.26. The summed E-state index contributed by atoms with van der Waals surface area (Å²) >= 11 is 2.33. The number of ether oxygens (including phenoxy) is 1. The van der Waals surface area contributed by atoms with Crippen molar-refractivity contribution in [2.75, 3.05) is 11.9 Å². The number of carbonyl (C=O) groups excluding carboxylic acids is 1. The summed E-state index contributed by atoms with van der Waals surface area (Å²) in [5, 5.41) is 13.6. The first kappa shape index (κ1) is 22.4. The Morgan fingerprint density at radius 2 is 2.17 bits per heavy atom. The summed E-state index contributed by atoms with van der Waals surface area (Å²) in [4.78, 5) is 21.2. The fourth-order valence-electron chi connectivity index (χ4n) is 2.86. The highest BCUT2D eigenvalue weighted by atomic mass is 32.2. The molecule has 0 bridgehead atoms. The Balaban J connectivity index is 1.91. The van der Waals surface area contributed by atoms with Gasteiger partial charge in [-0.05, 0) is 51.2 Å². The Morgan fingerprint density at radius 1 is 1.43 bits per heavy atom. The van der Waals surface area contributed by atoms with E-state index >= 15 is 0 Å². The van der Waals surface area contributed by atoms with Gasteiger partial charge in [0, 0.05) is 11.8 Å². The summed E-state index contributed by atoms with van der Waals surface area (Å²) in [5.41, 5.74) is 1.12. The van der Waals surface area contributed by atoms with Crippen molar-refractivity contribution < 1.29 is 18.3 Å². The number of esters is 1. The highest BCUT2D eigenvalue weighted by Gasteiger charge is 2.30. The zero-order valence-corrected chi connectivity index (χ0v) is 18.5. The lowest BCUT2D eigenvalue weighted by atomic mass is 10.1. The molecule has 0 atom stereocenters. The molecule has 1 saturated carbocycles. The number of alkyl halides is 2. The molecule has 10 heteroatoms. The Labute approximate surface area is 182 Å². The molecule has 2 aromatic heterocycles. The molecular weight excluding hydrogens is 430 g/mol. The number of thiazole rings is 1. The molecule has 2 heterocycles. The van der Waals surface area contributed by atoms with Gasteiger partial charge in [-0.3, -0.25) is 0 Å². The summed E-state index contributed by atoms with van der Waals surface area (Å²) in [6, 6.07) is 3.60. The van der Waals surface area contributed by atoms with E-state index in [2.05, 4.69) is 21.4 Å². The number of halogens is 2. The van der Waals surface area contributed by atoms with Crippen molar-refractivity contribution in [2.24, 2.45) is 0 Å². The molecule has 160 valence electrons. The van der Waals surface area contributed by atoms with Crippen molar-refractivity contribution in [3.8, 4) is 6.07 Å². The lowest BCUT2D eigenvalue weighted by Crippen LogP contribution is -2.09. The molecule has 1 N–H and O–H groups in total. The van der Waals surface area contributed by atoms with Crippen LogP contribution in [-0.2, 0) is 10.5 Å². The predicted molar refractivity (Wildman–Crippen MR) is 112 cm³/mol. The second-order valence-electron chi connectivity index (χ2n) is 7.11. The van der Waals surface area contributed by atoms with Gasteiger partial charge in [0.15, 0.2) is 5.13 Å². The first-order valence-electron chi connectivity index (χ1n) is 9.63. The number of nitriles is 1. The van der Waals surface area contributed by atoms with E-state index < -0.39 is 12.4 Å². The predicted octanol–water partition coefficient (Wildman–Crippen LogP) is 5.51. The number of hydrogen-bond acceptors (Lipinski definition) is 8. The maximum atomic E-state index is 13.4. The smallest absolute Gasteiger partial charge is 0.350 e. The highest BCUT2D eigenvalue weighted by Crippen LogP contribution is 2.44. The van der Waals surface area contributed by atoms with Gasteiger partial charge in [0.05, 0.1) is 17.9 Å². The molecule has 0 unspecified atom stereocenters. The third-order valence-corrected chi connectivity index (χ3v) is 6.30. The van der Waals surface area contributed by atoms with Crippen LogP contribution in [0.1, 0.15) is 78.1 Å². The van der Waals surface area contributed by atoms with Gasteiger partial charge in [-0.15, -0.1) is 0 Å². The Morgan fingerprint density at radius 3 is 2.73 bits per heavy atom. The molecule has 2 aromatic rings. The van der Waals surface area contributed by atoms with E-state index in [0.717, 1.165) is 24.6 Å². The molecule has 0 radical (unpaired) electrons. The standard InChI is InChI=1S/C20H22F2N4O2S2/c1-4-28-19(27)16-15(26-20(30-16)24-10(2)3)9-29-18-13(8-23)12(11-5-6-11)7-14(25-18)17(21)22/h7,10-11,17H,4-6,9H2,1-3H3,(H,24,26). The third kappa shape index (κ3) is 5.26. The first-order valence-corrected chi connectivity index (χ1v) is 11.4. The fourth-order valence-corrected chi connectivity index (χ4v) is 4.93. The second-order valence-corrected chi connectivity index (χ2v) is 9.07. The second kappa shape index (κ2) is 9.71. The van der Waals surface area contributed by atoms with E-state index in [1.165, 1.54) is 17.4 Å². The number of aromatic nitrogens is 2. The molecule has 0 aliphatic heterocycles. The van der Waals surface area contributed by atoms with Crippen LogP contribution in [0.25, 0.3) is 0 Å². The minimum absolute atomic E-state index is 0.127. The van der Waals surface area contributed by atoms with Gasteiger partial charge in [-0.2, -0.15) is 5.26 Å². The number of rotatable bonds is 9. The van der Waals surface area contributed by atoms with E-state index in [9.17, 15) is 18.8 Å². The third-order valence-electron chi connectivity index (χ3n) is 4.31. The summed E-state index contributed by atoms with van der Waals surface area (Å²) in [6.07, 6.45) is -0.949. The topological polar surface area (TPSA) is 87.9 Å². The minimum atomic E-state index is -2.72. The highest BCUT2D eigenvalue weighted by molar-refractivity contribution is 7.98. The number of pyridine rings is 1. The number of nitrogens with zero attached hydrogens (tertiary/aromatic N) is 3. The van der Waals surface area contributed by atoms with Crippen LogP contribution < -0.4 is 5.32 Å². The summed E-state index contributed by atoms with van der Waals surface area (Å²) in [5.74, 6) is -0.130. The number of anilines is 1. The van der Waals surface area contributed by atoms with Gasteiger partial charge in [-0.25, -0.2) is 23.5 Å². The zero-order chi connectivity index (χ0) is 21.8. The summed E-state index contributed by atoms with van der Waals surface area (Å²) in [7, 11) is 0. The average Bonchev–Trinajstić information content (AvgIpc) is 3.46. The number of nitrogens with one attached hydrogen (secondary N) is 1. The van der Waals surface area contributed by atoms with Gasteiger partial charge < -0.3 is 10.1 Å². The van der Waals surface area contributed by atoms with Crippen molar-refractivity contribution in [1.29, 1.82) is 5.26 Å². The lowest BCUT2D eigenvalue weighted by molar-refractivity contribution is 0.0531. The molecule has 1 fully saturated rings. The van der Waals surface area contributed by atoms with Crippen LogP contribution >= 0.6 is 23.1 Å². The maximum absolute atomic E-state index is 13.4. The van der Waals surface area contributed by atoms with E-state index in [4.69, 9.17) is 4.74 Å². The fraction of sp³-hybridized carbons (Fsp3) is 0.500. The van der Waals surface area contributed by atoms with Gasteiger partial charge >= 0.3 is 5.97 Å². The zero-order valence-electron chi connectivity index (χ0n) is 16.9. The molecule has 0 saturated heterocycles. The molecule has 0 amide bonds. The van der Waals surface area contributed by atoms with Crippen molar-refractivity contribution in [3.05, 3.63) is 33.5 Å². The van der Waals surface area contributed by atoms with Crippen molar-refractivity contribution >= 4 is 34.2 Å². The molecule has 0 aromatic carbocycles. The van der Waals surface area contributed by atoms with E-state index in [-0.39, 0.29) is 35.0 Å². The van der Waals surface area contributed by atoms with Gasteiger partial charge in [0.1, 0.15) is 21.7 Å². The largest absolute Gasteiger partial charge is 0.462 e. The molecule has 1 aliphatic carbocycles. The van der Waals surface area contributed by atoms with E-state index in [1.807, 2.05) is 13.8 Å². The number of hydrogen-bond donors (Lipinski definition) is 1. The Hall–Kier alpha value is -2.25. The monoisotopic (exact) mass is 452 g/mol. The first-order chi connectivity index (χ1) is 14.3. The average molecular weight is 453 g/mol. The van der Waals surface area contributed by atoms with E-state index in [1.54, 1.807) is 6.92 Å². The lowest BCUT2D eigenvalue weighted by Gasteiger charge is -2.11. The van der Waals surface area contributed by atoms with Crippen LogP contribution in [0.4, 0.5) is 13.9 Å². The van der Waals surface area contributed by atoms with Gasteiger partial charge in [-0.1, -0.05) is 23.1 Å². The molecule has 6 nitrogen and oxygen atoms in total. The van der Waals surface area contributed by atoms with Crippen molar-refractivity contribution in [1.82, 2.24) is 9.97 Å². The van der Waals surface area contributed by atoms with Crippen LogP contribution in [0.5, 0.6) is 0 Å². The van der Waals surface area contributed by atoms with E-state index in [0.29, 0.717) is 26.8 Å². The number of carbonyl (C=O) groups is 1. The molecule has 30 heavy (non-hydrogen) atoms. The summed E-state index contributed by atoms with van der Waals surface area (Å²) in [6.45, 7) is 5.87. The van der Waals surface area contributed by atoms with Crippen molar-refractivity contribution in [3.63, 3.8) is 0 Å². The molecular formula is C20H22F2N4O2S2. The van der Waals surface area contributed by atoms with Gasteiger partial charge in [0.2, 0.25) is 0 Å². The molecule has 1 aliphatic rings. The quantitative estimate of drug-likeness (QED) is 0.396. The van der Waals surface area contributed by atoms with Crippen LogP contribution in [0.15, 0.2) is 11.1 Å². The maximum Gasteiger partial charge on any atom is 0.350 e. The summed E-state index contributed by atoms with van der Waals surface area (Å²) < 4.78 is 31.8. The van der Waals surface area contributed by atoms with Crippen molar-refractivity contribution in [2.45, 2.75) is 62.8 Å². The normalized spacial score (nSPS) is 13.5. The SMILES string of the molecule is CCOC(=O)c1sc(NC(C)C)nc1CSc1nc(C(F)F)cc(C2CC2)c1C#N. The Bertz CT molecular complexity index is 968. The molecule has 3 rings (SSSR count). The number of thioether (sulfide) groups is 1. The van der Waals surface area contributed by atoms with Crippen LogP contribution in [-0.4, -0.2) is 28.6 Å².